The Bertz CT molecular complexity index is 422. The molecule has 0 atom stereocenters. The van der Waals surface area contributed by atoms with Crippen molar-refractivity contribution in [2.24, 2.45) is 5.92 Å². The predicted molar refractivity (Wildman–Crippen MR) is 78.9 cm³/mol. The predicted octanol–water partition coefficient (Wildman–Crippen LogP) is 2.53. The van der Waals surface area contributed by atoms with E-state index in [1.807, 2.05) is 0 Å². The molecule has 20 heavy (non-hydrogen) atoms. The topological polar surface area (TPSA) is 75.3 Å². The molecule has 0 aliphatic heterocycles. The third-order valence-corrected chi connectivity index (χ3v) is 6.40. The fourth-order valence-electron chi connectivity index (χ4n) is 3.21. The molecule has 0 heterocycles. The second-order valence-corrected chi connectivity index (χ2v) is 8.30. The highest BCUT2D eigenvalue weighted by Gasteiger charge is 2.31. The molecule has 2 rings (SSSR count). The summed E-state index contributed by atoms with van der Waals surface area (Å²) in [5, 5.41) is 2.39. The normalized spacial score (nSPS) is 28.9. The van der Waals surface area contributed by atoms with Crippen molar-refractivity contribution in [2.45, 2.75) is 76.0 Å². The Hall–Kier alpha value is -0.780. The van der Waals surface area contributed by atoms with Gasteiger partial charge in [-0.2, -0.15) is 0 Å². The molecule has 0 aromatic heterocycles. The second kappa shape index (κ2) is 6.78. The molecule has 0 bridgehead atoms. The van der Waals surface area contributed by atoms with Crippen molar-refractivity contribution in [3.8, 4) is 0 Å². The molecule has 2 amide bonds. The summed E-state index contributed by atoms with van der Waals surface area (Å²) in [5.41, 5.74) is 0. The number of sulfonamides is 1. The minimum Gasteiger partial charge on any atom is -0.335 e. The van der Waals surface area contributed by atoms with Crippen LogP contribution in [-0.4, -0.2) is 25.7 Å². The van der Waals surface area contributed by atoms with Gasteiger partial charge in [0.2, 0.25) is 10.0 Å². The van der Waals surface area contributed by atoms with Crippen LogP contribution in [0.1, 0.15) is 64.7 Å². The number of nitrogens with one attached hydrogen (secondary N) is 2. The van der Waals surface area contributed by atoms with Gasteiger partial charge in [-0.3, -0.25) is 0 Å². The highest BCUT2D eigenvalue weighted by molar-refractivity contribution is 7.90. The number of urea groups is 1. The van der Waals surface area contributed by atoms with Gasteiger partial charge < -0.3 is 5.32 Å². The maximum absolute atomic E-state index is 12.2. The third-order valence-electron chi connectivity index (χ3n) is 4.58. The van der Waals surface area contributed by atoms with E-state index >= 15 is 0 Å². The first kappa shape index (κ1) is 15.6. The zero-order valence-corrected chi connectivity index (χ0v) is 13.0. The maximum Gasteiger partial charge on any atom is 0.328 e. The molecule has 0 radical (unpaired) electrons. The molecule has 2 aliphatic rings. The maximum atomic E-state index is 12.2. The number of hydrogen-bond acceptors (Lipinski definition) is 3. The Kier molecular flexibility index (Phi) is 5.29. The standard InChI is InChI=1S/C14H26N2O3S/c1-11-7-9-13(10-8-11)20(18,19)16-14(17)15-12-5-3-2-4-6-12/h11-13H,2-10H2,1H3,(H2,15,16,17). The summed E-state index contributed by atoms with van der Waals surface area (Å²) in [5.74, 6) is 0.595. The smallest absolute Gasteiger partial charge is 0.328 e. The van der Waals surface area contributed by atoms with Gasteiger partial charge in [0.1, 0.15) is 0 Å². The molecule has 0 unspecified atom stereocenters. The lowest BCUT2D eigenvalue weighted by Gasteiger charge is -2.27. The van der Waals surface area contributed by atoms with Gasteiger partial charge in [0.05, 0.1) is 5.25 Å². The lowest BCUT2D eigenvalue weighted by atomic mass is 9.91. The van der Waals surface area contributed by atoms with Crippen LogP contribution in [0.25, 0.3) is 0 Å². The molecule has 2 fully saturated rings. The molecule has 2 saturated carbocycles. The van der Waals surface area contributed by atoms with E-state index in [2.05, 4.69) is 17.0 Å². The fourth-order valence-corrected chi connectivity index (χ4v) is 4.59. The third kappa shape index (κ3) is 4.36. The van der Waals surface area contributed by atoms with Crippen molar-refractivity contribution >= 4 is 16.1 Å². The van der Waals surface area contributed by atoms with Gasteiger partial charge in [-0.15, -0.1) is 0 Å². The van der Waals surface area contributed by atoms with Gasteiger partial charge in [0.25, 0.3) is 0 Å². The SMILES string of the molecule is CC1CCC(S(=O)(=O)NC(=O)NC2CCCCC2)CC1. The number of hydrogen-bond donors (Lipinski definition) is 2. The summed E-state index contributed by atoms with van der Waals surface area (Å²) in [7, 11) is -3.52. The van der Waals surface area contributed by atoms with Gasteiger partial charge >= 0.3 is 6.03 Å². The van der Waals surface area contributed by atoms with Crippen LogP contribution in [0.15, 0.2) is 0 Å². The molecule has 0 aromatic carbocycles. The van der Waals surface area contributed by atoms with Crippen LogP contribution in [0.3, 0.4) is 0 Å². The molecular weight excluding hydrogens is 276 g/mol. The zero-order chi connectivity index (χ0) is 14.6. The summed E-state index contributed by atoms with van der Waals surface area (Å²) in [6.45, 7) is 2.14. The van der Waals surface area contributed by atoms with E-state index in [0.717, 1.165) is 38.5 Å². The Balaban J connectivity index is 1.82. The van der Waals surface area contributed by atoms with Crippen molar-refractivity contribution in [2.75, 3.05) is 0 Å². The van der Waals surface area contributed by atoms with Crippen LogP contribution < -0.4 is 10.0 Å². The van der Waals surface area contributed by atoms with Crippen LogP contribution in [0.4, 0.5) is 4.79 Å². The first-order chi connectivity index (χ1) is 9.47. The molecular formula is C14H26N2O3S. The molecule has 6 heteroatoms. The van der Waals surface area contributed by atoms with Gasteiger partial charge in [0, 0.05) is 6.04 Å². The summed E-state index contributed by atoms with van der Waals surface area (Å²) in [6.07, 6.45) is 8.50. The van der Waals surface area contributed by atoms with Crippen LogP contribution in [-0.2, 0) is 10.0 Å². The Morgan fingerprint density at radius 2 is 1.55 bits per heavy atom. The van der Waals surface area contributed by atoms with E-state index in [9.17, 15) is 13.2 Å². The molecule has 0 saturated heterocycles. The van der Waals surface area contributed by atoms with Crippen molar-refractivity contribution in [3.63, 3.8) is 0 Å². The lowest BCUT2D eigenvalue weighted by Crippen LogP contribution is -2.48. The van der Waals surface area contributed by atoms with E-state index in [0.29, 0.717) is 18.8 Å². The first-order valence-electron chi connectivity index (χ1n) is 7.79. The highest BCUT2D eigenvalue weighted by atomic mass is 32.2. The van der Waals surface area contributed by atoms with E-state index in [1.165, 1.54) is 6.42 Å². The monoisotopic (exact) mass is 302 g/mol. The van der Waals surface area contributed by atoms with E-state index in [1.54, 1.807) is 0 Å². The highest BCUT2D eigenvalue weighted by Crippen LogP contribution is 2.27. The van der Waals surface area contributed by atoms with Crippen molar-refractivity contribution in [3.05, 3.63) is 0 Å². The average Bonchev–Trinajstić information content (AvgIpc) is 2.39. The zero-order valence-electron chi connectivity index (χ0n) is 12.2. The molecule has 0 spiro atoms. The van der Waals surface area contributed by atoms with Crippen molar-refractivity contribution in [1.82, 2.24) is 10.0 Å². The Morgan fingerprint density at radius 1 is 0.950 bits per heavy atom. The summed E-state index contributed by atoms with van der Waals surface area (Å²) in [6, 6.07) is -0.416. The second-order valence-electron chi connectivity index (χ2n) is 6.34. The molecule has 2 N–H and O–H groups in total. The van der Waals surface area contributed by atoms with E-state index in [-0.39, 0.29) is 6.04 Å². The van der Waals surface area contributed by atoms with Crippen molar-refractivity contribution in [1.29, 1.82) is 0 Å². The Morgan fingerprint density at radius 3 is 2.15 bits per heavy atom. The molecule has 116 valence electrons. The first-order valence-corrected chi connectivity index (χ1v) is 9.34. The number of rotatable bonds is 3. The van der Waals surface area contributed by atoms with Crippen LogP contribution >= 0.6 is 0 Å². The van der Waals surface area contributed by atoms with Gasteiger partial charge in [0.15, 0.2) is 0 Å². The van der Waals surface area contributed by atoms with Crippen LogP contribution in [0.2, 0.25) is 0 Å². The minimum atomic E-state index is -3.52. The number of amides is 2. The van der Waals surface area contributed by atoms with Crippen molar-refractivity contribution < 1.29 is 13.2 Å². The van der Waals surface area contributed by atoms with Crippen LogP contribution in [0.5, 0.6) is 0 Å². The quantitative estimate of drug-likeness (QED) is 0.841. The summed E-state index contributed by atoms with van der Waals surface area (Å²) >= 11 is 0. The molecule has 2 aliphatic carbocycles. The lowest BCUT2D eigenvalue weighted by molar-refractivity contribution is 0.237. The Labute approximate surface area is 121 Å². The van der Waals surface area contributed by atoms with Crippen LogP contribution in [0, 0.1) is 5.92 Å². The summed E-state index contributed by atoms with van der Waals surface area (Å²) < 4.78 is 26.6. The van der Waals surface area contributed by atoms with E-state index < -0.39 is 21.3 Å². The van der Waals surface area contributed by atoms with Gasteiger partial charge in [-0.25, -0.2) is 17.9 Å². The number of carbonyl (C=O) groups excluding carboxylic acids is 1. The fraction of sp³-hybridized carbons (Fsp3) is 0.929. The number of carbonyl (C=O) groups is 1. The minimum absolute atomic E-state index is 0.130. The van der Waals surface area contributed by atoms with Gasteiger partial charge in [-0.05, 0) is 44.4 Å². The summed E-state index contributed by atoms with van der Waals surface area (Å²) in [4.78, 5) is 11.8. The molecule has 5 nitrogen and oxygen atoms in total. The largest absolute Gasteiger partial charge is 0.335 e. The van der Waals surface area contributed by atoms with E-state index in [4.69, 9.17) is 0 Å². The average molecular weight is 302 g/mol. The van der Waals surface area contributed by atoms with Gasteiger partial charge in [-0.1, -0.05) is 26.2 Å². The molecule has 0 aromatic rings.